The lowest BCUT2D eigenvalue weighted by molar-refractivity contribution is 0.174. The minimum absolute atomic E-state index is 0.131. The summed E-state index contributed by atoms with van der Waals surface area (Å²) in [4.78, 5) is 2.44. The first kappa shape index (κ1) is 11.0. The van der Waals surface area contributed by atoms with Crippen LogP contribution in [-0.2, 0) is 0 Å². The average molecular weight is 186 g/mol. The van der Waals surface area contributed by atoms with Gasteiger partial charge in [0.2, 0.25) is 0 Å². The van der Waals surface area contributed by atoms with Gasteiger partial charge in [0.25, 0.3) is 0 Å². The molecule has 78 valence electrons. The highest BCUT2D eigenvalue weighted by Gasteiger charge is 2.26. The molecular formula is C10H22N2O. The maximum Gasteiger partial charge on any atom is 0.0607 e. The Morgan fingerprint density at radius 1 is 1.54 bits per heavy atom. The maximum atomic E-state index is 9.10. The summed E-state index contributed by atoms with van der Waals surface area (Å²) in [6.07, 6.45) is 1.21. The Balaban J connectivity index is 2.31. The standard InChI is InChI=1S/C10H22N2O/c1-4-12-6-5-9(7-12)11-10(2,3)8-13/h9,11,13H,4-8H2,1-3H3. The zero-order chi connectivity index (χ0) is 9.90. The van der Waals surface area contributed by atoms with Crippen LogP contribution in [0.15, 0.2) is 0 Å². The van der Waals surface area contributed by atoms with Gasteiger partial charge >= 0.3 is 0 Å². The molecule has 1 aliphatic heterocycles. The van der Waals surface area contributed by atoms with Gasteiger partial charge in [-0.1, -0.05) is 6.92 Å². The van der Waals surface area contributed by atoms with E-state index in [1.807, 2.05) is 13.8 Å². The largest absolute Gasteiger partial charge is 0.394 e. The van der Waals surface area contributed by atoms with Crippen LogP contribution in [0, 0.1) is 0 Å². The lowest BCUT2D eigenvalue weighted by atomic mass is 10.1. The number of likely N-dealkylation sites (N-methyl/N-ethyl adjacent to an activating group) is 1. The van der Waals surface area contributed by atoms with E-state index in [0.717, 1.165) is 13.1 Å². The highest BCUT2D eigenvalue weighted by atomic mass is 16.3. The Hall–Kier alpha value is -0.120. The van der Waals surface area contributed by atoms with Crippen LogP contribution >= 0.6 is 0 Å². The lowest BCUT2D eigenvalue weighted by Crippen LogP contribution is -2.49. The van der Waals surface area contributed by atoms with Crippen molar-refractivity contribution in [1.82, 2.24) is 10.2 Å². The van der Waals surface area contributed by atoms with Crippen molar-refractivity contribution in [3.05, 3.63) is 0 Å². The minimum atomic E-state index is -0.131. The molecular weight excluding hydrogens is 164 g/mol. The van der Waals surface area contributed by atoms with E-state index < -0.39 is 0 Å². The molecule has 1 aliphatic rings. The summed E-state index contributed by atoms with van der Waals surface area (Å²) in [6.45, 7) is 9.94. The number of hydrogen-bond donors (Lipinski definition) is 2. The third-order valence-electron chi connectivity index (χ3n) is 2.71. The third-order valence-corrected chi connectivity index (χ3v) is 2.71. The molecule has 0 radical (unpaired) electrons. The predicted octanol–water partition coefficient (Wildman–Crippen LogP) is 0.441. The van der Waals surface area contributed by atoms with Gasteiger partial charge in [0.1, 0.15) is 0 Å². The van der Waals surface area contributed by atoms with Crippen LogP contribution < -0.4 is 5.32 Å². The fourth-order valence-corrected chi connectivity index (χ4v) is 1.84. The molecule has 0 saturated carbocycles. The maximum absolute atomic E-state index is 9.10. The van der Waals surface area contributed by atoms with E-state index in [2.05, 4.69) is 17.1 Å². The van der Waals surface area contributed by atoms with E-state index in [0.29, 0.717) is 6.04 Å². The number of rotatable bonds is 4. The van der Waals surface area contributed by atoms with Crippen molar-refractivity contribution in [2.24, 2.45) is 0 Å². The van der Waals surface area contributed by atoms with Crippen LogP contribution in [0.3, 0.4) is 0 Å². The summed E-state index contributed by atoms with van der Waals surface area (Å²) < 4.78 is 0. The number of nitrogens with zero attached hydrogens (tertiary/aromatic N) is 1. The van der Waals surface area contributed by atoms with Gasteiger partial charge in [0.15, 0.2) is 0 Å². The molecule has 13 heavy (non-hydrogen) atoms. The topological polar surface area (TPSA) is 35.5 Å². The van der Waals surface area contributed by atoms with E-state index >= 15 is 0 Å². The number of aliphatic hydroxyl groups is 1. The van der Waals surface area contributed by atoms with Crippen LogP contribution in [-0.4, -0.2) is 47.8 Å². The summed E-state index contributed by atoms with van der Waals surface area (Å²) in [5.74, 6) is 0. The first-order valence-corrected chi connectivity index (χ1v) is 5.18. The van der Waals surface area contributed by atoms with Crippen LogP contribution in [0.1, 0.15) is 27.2 Å². The second kappa shape index (κ2) is 4.40. The Labute approximate surface area is 81.1 Å². The summed E-state index contributed by atoms with van der Waals surface area (Å²) in [7, 11) is 0. The van der Waals surface area contributed by atoms with Crippen LogP contribution in [0.2, 0.25) is 0 Å². The molecule has 0 bridgehead atoms. The second-order valence-corrected chi connectivity index (χ2v) is 4.57. The molecule has 0 aliphatic carbocycles. The molecule has 0 aromatic carbocycles. The first-order chi connectivity index (χ1) is 6.07. The molecule has 1 heterocycles. The van der Waals surface area contributed by atoms with Gasteiger partial charge in [-0.3, -0.25) is 0 Å². The van der Waals surface area contributed by atoms with Gasteiger partial charge in [-0.15, -0.1) is 0 Å². The Kier molecular flexibility index (Phi) is 3.71. The Bertz CT molecular complexity index is 159. The normalized spacial score (nSPS) is 25.4. The molecule has 3 nitrogen and oxygen atoms in total. The van der Waals surface area contributed by atoms with E-state index in [1.54, 1.807) is 0 Å². The predicted molar refractivity (Wildman–Crippen MR) is 54.8 cm³/mol. The summed E-state index contributed by atoms with van der Waals surface area (Å²) in [6, 6.07) is 0.557. The molecule has 0 aromatic heterocycles. The van der Waals surface area contributed by atoms with Crippen molar-refractivity contribution < 1.29 is 5.11 Å². The number of likely N-dealkylation sites (tertiary alicyclic amines) is 1. The summed E-state index contributed by atoms with van der Waals surface area (Å²) >= 11 is 0. The quantitative estimate of drug-likeness (QED) is 0.669. The van der Waals surface area contributed by atoms with Crippen LogP contribution in [0.25, 0.3) is 0 Å². The van der Waals surface area contributed by atoms with Gasteiger partial charge in [0, 0.05) is 18.1 Å². The Morgan fingerprint density at radius 3 is 2.69 bits per heavy atom. The first-order valence-electron chi connectivity index (χ1n) is 5.18. The minimum Gasteiger partial charge on any atom is -0.394 e. The second-order valence-electron chi connectivity index (χ2n) is 4.57. The van der Waals surface area contributed by atoms with Crippen molar-refractivity contribution >= 4 is 0 Å². The number of nitrogens with one attached hydrogen (secondary N) is 1. The molecule has 1 rings (SSSR count). The molecule has 0 aromatic rings. The van der Waals surface area contributed by atoms with Gasteiger partial charge in [-0.25, -0.2) is 0 Å². The molecule has 1 unspecified atom stereocenters. The zero-order valence-electron chi connectivity index (χ0n) is 9.01. The van der Waals surface area contributed by atoms with Crippen molar-refractivity contribution in [2.75, 3.05) is 26.2 Å². The average Bonchev–Trinajstić information content (AvgIpc) is 2.52. The SMILES string of the molecule is CCN1CCC(NC(C)(C)CO)C1. The van der Waals surface area contributed by atoms with Crippen molar-refractivity contribution in [3.63, 3.8) is 0 Å². The third kappa shape index (κ3) is 3.25. The van der Waals surface area contributed by atoms with Gasteiger partial charge in [-0.2, -0.15) is 0 Å². The summed E-state index contributed by atoms with van der Waals surface area (Å²) in [5, 5.41) is 12.6. The zero-order valence-corrected chi connectivity index (χ0v) is 9.01. The number of aliphatic hydroxyl groups excluding tert-OH is 1. The Morgan fingerprint density at radius 2 is 2.23 bits per heavy atom. The smallest absolute Gasteiger partial charge is 0.0607 e. The lowest BCUT2D eigenvalue weighted by Gasteiger charge is -2.28. The van der Waals surface area contributed by atoms with Gasteiger partial charge < -0.3 is 15.3 Å². The van der Waals surface area contributed by atoms with E-state index in [1.165, 1.54) is 13.0 Å². The fraction of sp³-hybridized carbons (Fsp3) is 1.00. The number of hydrogen-bond acceptors (Lipinski definition) is 3. The molecule has 0 spiro atoms. The van der Waals surface area contributed by atoms with Crippen LogP contribution in [0.4, 0.5) is 0 Å². The van der Waals surface area contributed by atoms with Crippen molar-refractivity contribution in [1.29, 1.82) is 0 Å². The highest BCUT2D eigenvalue weighted by Crippen LogP contribution is 2.12. The molecule has 1 atom stereocenters. The van der Waals surface area contributed by atoms with E-state index in [4.69, 9.17) is 5.11 Å². The molecule has 1 saturated heterocycles. The molecule has 2 N–H and O–H groups in total. The summed E-state index contributed by atoms with van der Waals surface area (Å²) in [5.41, 5.74) is -0.131. The van der Waals surface area contributed by atoms with Gasteiger partial charge in [0.05, 0.1) is 6.61 Å². The van der Waals surface area contributed by atoms with Crippen molar-refractivity contribution in [3.8, 4) is 0 Å². The van der Waals surface area contributed by atoms with Gasteiger partial charge in [-0.05, 0) is 33.4 Å². The van der Waals surface area contributed by atoms with E-state index in [9.17, 15) is 0 Å². The highest BCUT2D eigenvalue weighted by molar-refractivity contribution is 4.87. The fourth-order valence-electron chi connectivity index (χ4n) is 1.84. The molecule has 3 heteroatoms. The monoisotopic (exact) mass is 186 g/mol. The van der Waals surface area contributed by atoms with Crippen LogP contribution in [0.5, 0.6) is 0 Å². The van der Waals surface area contributed by atoms with E-state index in [-0.39, 0.29) is 12.1 Å². The molecule has 1 fully saturated rings. The molecule has 0 amide bonds. The van der Waals surface area contributed by atoms with Crippen molar-refractivity contribution in [2.45, 2.75) is 38.8 Å².